The maximum absolute atomic E-state index is 13.9. The van der Waals surface area contributed by atoms with Crippen LogP contribution in [0.2, 0.25) is 0 Å². The maximum atomic E-state index is 13.9. The van der Waals surface area contributed by atoms with E-state index >= 15 is 0 Å². The van der Waals surface area contributed by atoms with E-state index < -0.39 is 0 Å². The number of rotatable bonds is 1. The van der Waals surface area contributed by atoms with Crippen molar-refractivity contribution in [2.24, 2.45) is 5.92 Å². The zero-order valence-corrected chi connectivity index (χ0v) is 10.3. The highest BCUT2D eigenvalue weighted by Crippen LogP contribution is 2.35. The minimum atomic E-state index is -0.000414. The molecule has 0 saturated heterocycles. The molecule has 1 saturated carbocycles. The average Bonchev–Trinajstić information content (AvgIpc) is 2.43. The Hall–Kier alpha value is -0.850. The van der Waals surface area contributed by atoms with Crippen LogP contribution in [-0.4, -0.2) is 0 Å². The molecule has 1 aliphatic rings. The van der Waals surface area contributed by atoms with Crippen LogP contribution in [0.3, 0.4) is 0 Å². The van der Waals surface area contributed by atoms with Gasteiger partial charge in [0.05, 0.1) is 0 Å². The Labute approximate surface area is 105 Å². The molecule has 0 amide bonds. The van der Waals surface area contributed by atoms with Crippen LogP contribution in [0.4, 0.5) is 4.39 Å². The lowest BCUT2D eigenvalue weighted by Crippen LogP contribution is -2.01. The molecule has 0 radical (unpaired) electrons. The van der Waals surface area contributed by atoms with Gasteiger partial charge in [-0.2, -0.15) is 0 Å². The van der Waals surface area contributed by atoms with Gasteiger partial charge in [-0.15, -0.1) is 0 Å². The lowest BCUT2D eigenvalue weighted by atomic mass is 9.90. The van der Waals surface area contributed by atoms with E-state index in [-0.39, 0.29) is 13.2 Å². The summed E-state index contributed by atoms with van der Waals surface area (Å²) in [6.07, 6.45) is 6.12. The van der Waals surface area contributed by atoms with E-state index in [4.69, 9.17) is 0 Å². The Bertz CT molecular complexity index is 357. The summed E-state index contributed by atoms with van der Waals surface area (Å²) in [7, 11) is 0. The molecule has 0 aliphatic heterocycles. The van der Waals surface area contributed by atoms with Crippen LogP contribution in [-0.2, 0) is 0 Å². The van der Waals surface area contributed by atoms with Gasteiger partial charge in [0.2, 0.25) is 0 Å². The van der Waals surface area contributed by atoms with Gasteiger partial charge in [0.25, 0.3) is 0 Å². The van der Waals surface area contributed by atoms with Crippen LogP contribution in [0.1, 0.15) is 63.5 Å². The summed E-state index contributed by atoms with van der Waals surface area (Å²) >= 11 is 0. The molecular weight excluding hydrogens is 211 g/mol. The molecule has 2 rings (SSSR count). The summed E-state index contributed by atoms with van der Waals surface area (Å²) in [5, 5.41) is 0. The van der Waals surface area contributed by atoms with Crippen molar-refractivity contribution in [3.63, 3.8) is 0 Å². The highest BCUT2D eigenvalue weighted by molar-refractivity contribution is 5.26. The van der Waals surface area contributed by atoms with Gasteiger partial charge in [-0.25, -0.2) is 4.39 Å². The molecule has 1 aliphatic carbocycles. The molecule has 0 aromatic heterocycles. The van der Waals surface area contributed by atoms with Crippen LogP contribution >= 0.6 is 0 Å². The molecule has 2 atom stereocenters. The molecule has 1 fully saturated rings. The lowest BCUT2D eigenvalue weighted by Gasteiger charge is -2.15. The minimum absolute atomic E-state index is 0. The van der Waals surface area contributed by atoms with E-state index in [0.717, 1.165) is 29.9 Å². The van der Waals surface area contributed by atoms with Crippen molar-refractivity contribution in [2.75, 3.05) is 0 Å². The first kappa shape index (κ1) is 14.2. The fourth-order valence-electron chi connectivity index (χ4n) is 2.76. The summed E-state index contributed by atoms with van der Waals surface area (Å²) < 4.78 is 13.9. The van der Waals surface area contributed by atoms with Crippen LogP contribution < -0.4 is 0 Å². The third-order valence-electron chi connectivity index (χ3n) is 3.85. The highest BCUT2D eigenvalue weighted by Gasteiger charge is 2.20. The normalized spacial score (nSPS) is 24.9. The summed E-state index contributed by atoms with van der Waals surface area (Å²) in [4.78, 5) is 0. The quantitative estimate of drug-likeness (QED) is 0.568. The maximum Gasteiger partial charge on any atom is 0.126 e. The molecule has 1 aromatic carbocycles. The van der Waals surface area contributed by atoms with E-state index in [2.05, 4.69) is 6.92 Å². The topological polar surface area (TPSA) is 0 Å². The standard InChI is InChI=1S/C15H21F.CH4/c1-11-4-3-5-13(8-6-11)14-9-7-12(2)10-15(14)16;/h7,9-11,13H,3-6,8H2,1-2H3;1H4. The molecule has 1 aromatic rings. The third-order valence-corrected chi connectivity index (χ3v) is 3.85. The van der Waals surface area contributed by atoms with Crippen molar-refractivity contribution in [3.8, 4) is 0 Å². The average molecular weight is 236 g/mol. The van der Waals surface area contributed by atoms with E-state index in [9.17, 15) is 4.39 Å². The first-order valence-electron chi connectivity index (χ1n) is 6.43. The van der Waals surface area contributed by atoms with Crippen LogP contribution in [0, 0.1) is 18.7 Å². The minimum Gasteiger partial charge on any atom is -0.207 e. The monoisotopic (exact) mass is 236 g/mol. The van der Waals surface area contributed by atoms with Crippen molar-refractivity contribution < 1.29 is 4.39 Å². The first-order chi connectivity index (χ1) is 7.66. The number of halogens is 1. The van der Waals surface area contributed by atoms with E-state index in [0.29, 0.717) is 5.92 Å². The molecule has 0 heterocycles. The Morgan fingerprint density at radius 3 is 2.59 bits per heavy atom. The number of hydrogen-bond donors (Lipinski definition) is 0. The molecule has 0 N–H and O–H groups in total. The van der Waals surface area contributed by atoms with E-state index in [1.54, 1.807) is 6.07 Å². The molecule has 17 heavy (non-hydrogen) atoms. The van der Waals surface area contributed by atoms with Crippen LogP contribution in [0.15, 0.2) is 18.2 Å². The molecule has 0 spiro atoms. The Balaban J connectivity index is 0.00000144. The second kappa shape index (κ2) is 6.18. The Kier molecular flexibility index (Phi) is 5.17. The van der Waals surface area contributed by atoms with Crippen molar-refractivity contribution >= 4 is 0 Å². The molecular formula is C16H25F. The summed E-state index contributed by atoms with van der Waals surface area (Å²) in [5.74, 6) is 1.27. The first-order valence-corrected chi connectivity index (χ1v) is 6.43. The van der Waals surface area contributed by atoms with Crippen molar-refractivity contribution in [3.05, 3.63) is 35.1 Å². The number of aryl methyl sites for hydroxylation is 1. The van der Waals surface area contributed by atoms with Gasteiger partial charge in [-0.05, 0) is 48.8 Å². The van der Waals surface area contributed by atoms with Gasteiger partial charge in [0.15, 0.2) is 0 Å². The van der Waals surface area contributed by atoms with Crippen LogP contribution in [0.5, 0.6) is 0 Å². The summed E-state index contributed by atoms with van der Waals surface area (Å²) in [5.41, 5.74) is 1.96. The van der Waals surface area contributed by atoms with Gasteiger partial charge in [-0.1, -0.05) is 45.7 Å². The lowest BCUT2D eigenvalue weighted by molar-refractivity contribution is 0.494. The predicted octanol–water partition coefficient (Wildman–Crippen LogP) is 5.45. The molecule has 1 heteroatoms. The Morgan fingerprint density at radius 1 is 1.12 bits per heavy atom. The van der Waals surface area contributed by atoms with Gasteiger partial charge in [0.1, 0.15) is 5.82 Å². The largest absolute Gasteiger partial charge is 0.207 e. The second-order valence-corrected chi connectivity index (χ2v) is 5.34. The SMILES string of the molecule is C.Cc1ccc(C2CCCC(C)CC2)c(F)c1. The van der Waals surface area contributed by atoms with Gasteiger partial charge in [-0.3, -0.25) is 0 Å². The number of benzene rings is 1. The smallest absolute Gasteiger partial charge is 0.126 e. The molecule has 96 valence electrons. The fourth-order valence-corrected chi connectivity index (χ4v) is 2.76. The van der Waals surface area contributed by atoms with Gasteiger partial charge in [0, 0.05) is 0 Å². The number of hydrogen-bond acceptors (Lipinski definition) is 0. The van der Waals surface area contributed by atoms with E-state index in [1.807, 2.05) is 19.1 Å². The fraction of sp³-hybridized carbons (Fsp3) is 0.625. The summed E-state index contributed by atoms with van der Waals surface area (Å²) in [6.45, 7) is 4.26. The van der Waals surface area contributed by atoms with Crippen molar-refractivity contribution in [1.29, 1.82) is 0 Å². The van der Waals surface area contributed by atoms with E-state index in [1.165, 1.54) is 19.3 Å². The van der Waals surface area contributed by atoms with Gasteiger partial charge < -0.3 is 0 Å². The third kappa shape index (κ3) is 3.55. The summed E-state index contributed by atoms with van der Waals surface area (Å²) in [6, 6.07) is 5.70. The van der Waals surface area contributed by atoms with Gasteiger partial charge >= 0.3 is 0 Å². The highest BCUT2D eigenvalue weighted by atomic mass is 19.1. The second-order valence-electron chi connectivity index (χ2n) is 5.34. The Morgan fingerprint density at radius 2 is 1.88 bits per heavy atom. The molecule has 0 bridgehead atoms. The van der Waals surface area contributed by atoms with Crippen molar-refractivity contribution in [2.45, 2.75) is 59.3 Å². The predicted molar refractivity (Wildman–Crippen MR) is 72.9 cm³/mol. The zero-order chi connectivity index (χ0) is 11.5. The molecule has 2 unspecified atom stereocenters. The van der Waals surface area contributed by atoms with Crippen LogP contribution in [0.25, 0.3) is 0 Å². The zero-order valence-electron chi connectivity index (χ0n) is 10.3. The molecule has 0 nitrogen and oxygen atoms in total. The van der Waals surface area contributed by atoms with Crippen molar-refractivity contribution in [1.82, 2.24) is 0 Å².